The largest absolute Gasteiger partial charge is 0.497 e. The Bertz CT molecular complexity index is 718. The molecule has 5 nitrogen and oxygen atoms in total. The highest BCUT2D eigenvalue weighted by Gasteiger charge is 2.09. The monoisotopic (exact) mass is 268 g/mol. The van der Waals surface area contributed by atoms with Crippen LogP contribution in [0.4, 0.5) is 5.95 Å². The van der Waals surface area contributed by atoms with Gasteiger partial charge in [0.25, 0.3) is 0 Å². The summed E-state index contributed by atoms with van der Waals surface area (Å²) < 4.78 is 7.22. The topological polar surface area (TPSA) is 65.1 Å². The van der Waals surface area contributed by atoms with Crippen molar-refractivity contribution < 1.29 is 4.74 Å². The van der Waals surface area contributed by atoms with E-state index in [4.69, 9.17) is 10.6 Å². The van der Waals surface area contributed by atoms with Crippen molar-refractivity contribution >= 4 is 17.0 Å². The van der Waals surface area contributed by atoms with Crippen LogP contribution in [0.25, 0.3) is 11.0 Å². The third-order valence-corrected chi connectivity index (χ3v) is 3.28. The van der Waals surface area contributed by atoms with Crippen LogP contribution in [0.3, 0.4) is 0 Å². The number of nitrogen functional groups attached to an aromatic ring is 1. The zero-order valence-electron chi connectivity index (χ0n) is 11.2. The third kappa shape index (κ3) is 2.19. The van der Waals surface area contributed by atoms with E-state index in [0.717, 1.165) is 22.3 Å². The second-order valence-electron chi connectivity index (χ2n) is 4.50. The maximum atomic E-state index is 5.56. The van der Waals surface area contributed by atoms with Gasteiger partial charge in [0.2, 0.25) is 5.95 Å². The normalized spacial score (nSPS) is 10.7. The lowest BCUT2D eigenvalue weighted by Gasteiger charge is -2.09. The molecule has 0 atom stereocenters. The predicted octanol–water partition coefficient (Wildman–Crippen LogP) is 2.38. The van der Waals surface area contributed by atoms with Crippen LogP contribution in [0.15, 0.2) is 48.5 Å². The molecule has 3 N–H and O–H groups in total. The van der Waals surface area contributed by atoms with Crippen LogP contribution in [0.2, 0.25) is 0 Å². The number of nitrogens with two attached hydrogens (primary N) is 1. The molecule has 0 radical (unpaired) electrons. The number of para-hydroxylation sites is 2. The van der Waals surface area contributed by atoms with Crippen molar-refractivity contribution in [2.45, 2.75) is 6.54 Å². The molecule has 0 saturated heterocycles. The quantitative estimate of drug-likeness (QED) is 0.563. The molecule has 20 heavy (non-hydrogen) atoms. The first kappa shape index (κ1) is 12.5. The van der Waals surface area contributed by atoms with Crippen molar-refractivity contribution in [1.82, 2.24) is 9.55 Å². The lowest BCUT2D eigenvalue weighted by Crippen LogP contribution is -2.13. The fourth-order valence-corrected chi connectivity index (χ4v) is 2.26. The number of hydrazine groups is 1. The van der Waals surface area contributed by atoms with Crippen molar-refractivity contribution in [2.75, 3.05) is 12.5 Å². The molecule has 1 aromatic heterocycles. The minimum atomic E-state index is 0.655. The number of fused-ring (bicyclic) bond motifs is 1. The number of aromatic nitrogens is 2. The van der Waals surface area contributed by atoms with Gasteiger partial charge in [-0.25, -0.2) is 10.8 Å². The molecular weight excluding hydrogens is 252 g/mol. The Morgan fingerprint density at radius 3 is 2.60 bits per heavy atom. The molecule has 0 aliphatic rings. The summed E-state index contributed by atoms with van der Waals surface area (Å²) in [6.45, 7) is 0.698. The molecule has 0 saturated carbocycles. The zero-order valence-corrected chi connectivity index (χ0v) is 11.2. The molecule has 0 fully saturated rings. The van der Waals surface area contributed by atoms with Gasteiger partial charge in [0.1, 0.15) is 5.75 Å². The average Bonchev–Trinajstić information content (AvgIpc) is 2.86. The Morgan fingerprint density at radius 2 is 1.90 bits per heavy atom. The third-order valence-electron chi connectivity index (χ3n) is 3.28. The highest BCUT2D eigenvalue weighted by Crippen LogP contribution is 2.21. The molecule has 1 heterocycles. The average molecular weight is 268 g/mol. The first-order valence-corrected chi connectivity index (χ1v) is 6.36. The number of hydrogen-bond donors (Lipinski definition) is 2. The molecule has 0 amide bonds. The summed E-state index contributed by atoms with van der Waals surface area (Å²) in [5.74, 6) is 7.06. The fraction of sp³-hybridized carbons (Fsp3) is 0.133. The summed E-state index contributed by atoms with van der Waals surface area (Å²) in [5, 5.41) is 0. The summed E-state index contributed by atoms with van der Waals surface area (Å²) >= 11 is 0. The van der Waals surface area contributed by atoms with E-state index in [1.165, 1.54) is 0 Å². The molecule has 3 aromatic rings. The lowest BCUT2D eigenvalue weighted by molar-refractivity contribution is 0.414. The zero-order chi connectivity index (χ0) is 13.9. The Morgan fingerprint density at radius 1 is 1.15 bits per heavy atom. The summed E-state index contributed by atoms with van der Waals surface area (Å²) in [4.78, 5) is 4.46. The van der Waals surface area contributed by atoms with Crippen LogP contribution < -0.4 is 16.0 Å². The minimum absolute atomic E-state index is 0.655. The molecule has 3 rings (SSSR count). The van der Waals surface area contributed by atoms with Crippen LogP contribution in [0, 0.1) is 0 Å². The van der Waals surface area contributed by atoms with Crippen molar-refractivity contribution in [3.8, 4) is 5.75 Å². The molecule has 0 aliphatic carbocycles. The van der Waals surface area contributed by atoms with Crippen LogP contribution in [0.5, 0.6) is 5.75 Å². The van der Waals surface area contributed by atoms with E-state index < -0.39 is 0 Å². The van der Waals surface area contributed by atoms with Gasteiger partial charge in [-0.15, -0.1) is 0 Å². The highest BCUT2D eigenvalue weighted by molar-refractivity contribution is 5.78. The Hall–Kier alpha value is -2.53. The van der Waals surface area contributed by atoms with E-state index in [1.807, 2.05) is 48.5 Å². The van der Waals surface area contributed by atoms with E-state index in [1.54, 1.807) is 7.11 Å². The number of ether oxygens (including phenoxy) is 1. The highest BCUT2D eigenvalue weighted by atomic mass is 16.5. The number of rotatable bonds is 4. The number of imidazole rings is 1. The predicted molar refractivity (Wildman–Crippen MR) is 79.6 cm³/mol. The summed E-state index contributed by atoms with van der Waals surface area (Å²) in [5.41, 5.74) is 5.79. The van der Waals surface area contributed by atoms with Gasteiger partial charge in [-0.2, -0.15) is 0 Å². The van der Waals surface area contributed by atoms with Gasteiger partial charge in [-0.1, -0.05) is 24.3 Å². The van der Waals surface area contributed by atoms with Crippen LogP contribution in [0.1, 0.15) is 5.56 Å². The summed E-state index contributed by atoms with van der Waals surface area (Å²) in [7, 11) is 1.66. The maximum absolute atomic E-state index is 5.56. The Balaban J connectivity index is 2.00. The van der Waals surface area contributed by atoms with Crippen molar-refractivity contribution in [3.05, 3.63) is 54.1 Å². The van der Waals surface area contributed by atoms with Crippen LogP contribution in [-0.2, 0) is 6.54 Å². The van der Waals surface area contributed by atoms with Crippen molar-refractivity contribution in [3.63, 3.8) is 0 Å². The minimum Gasteiger partial charge on any atom is -0.497 e. The van der Waals surface area contributed by atoms with Crippen LogP contribution in [-0.4, -0.2) is 16.7 Å². The number of nitrogens with zero attached hydrogens (tertiary/aromatic N) is 2. The van der Waals surface area contributed by atoms with Gasteiger partial charge < -0.3 is 9.30 Å². The first-order valence-electron chi connectivity index (χ1n) is 6.36. The smallest absolute Gasteiger partial charge is 0.218 e. The van der Waals surface area contributed by atoms with Gasteiger partial charge >= 0.3 is 0 Å². The molecular formula is C15H16N4O. The first-order chi connectivity index (χ1) is 9.81. The summed E-state index contributed by atoms with van der Waals surface area (Å²) in [6.07, 6.45) is 0. The van der Waals surface area contributed by atoms with E-state index in [0.29, 0.717) is 12.5 Å². The van der Waals surface area contributed by atoms with E-state index in [-0.39, 0.29) is 0 Å². The van der Waals surface area contributed by atoms with E-state index in [9.17, 15) is 0 Å². The van der Waals surface area contributed by atoms with E-state index in [2.05, 4.69) is 15.0 Å². The molecule has 0 bridgehead atoms. The lowest BCUT2D eigenvalue weighted by atomic mass is 10.2. The van der Waals surface area contributed by atoms with Crippen molar-refractivity contribution in [1.29, 1.82) is 0 Å². The van der Waals surface area contributed by atoms with Gasteiger partial charge in [-0.3, -0.25) is 5.43 Å². The fourth-order valence-electron chi connectivity index (χ4n) is 2.26. The number of hydrogen-bond acceptors (Lipinski definition) is 4. The number of anilines is 1. The molecule has 2 aromatic carbocycles. The van der Waals surface area contributed by atoms with Gasteiger partial charge in [0.15, 0.2) is 0 Å². The molecule has 5 heteroatoms. The van der Waals surface area contributed by atoms with E-state index >= 15 is 0 Å². The molecule has 0 aliphatic heterocycles. The number of nitrogens with one attached hydrogen (secondary N) is 1. The maximum Gasteiger partial charge on any atom is 0.218 e. The van der Waals surface area contributed by atoms with Gasteiger partial charge in [0.05, 0.1) is 24.7 Å². The number of methoxy groups -OCH3 is 1. The van der Waals surface area contributed by atoms with Gasteiger partial charge in [-0.05, 0) is 29.8 Å². The second kappa shape index (κ2) is 5.22. The molecule has 0 spiro atoms. The van der Waals surface area contributed by atoms with Crippen LogP contribution >= 0.6 is 0 Å². The summed E-state index contributed by atoms with van der Waals surface area (Å²) in [6, 6.07) is 15.9. The second-order valence-corrected chi connectivity index (χ2v) is 4.50. The SMILES string of the molecule is COc1ccc(Cn2c(NN)nc3ccccc32)cc1. The molecule has 102 valence electrons. The Labute approximate surface area is 117 Å². The number of benzene rings is 2. The molecule has 0 unspecified atom stereocenters. The standard InChI is InChI=1S/C15H16N4O/c1-20-12-8-6-11(7-9-12)10-19-14-5-3-2-4-13(14)17-15(19)18-16/h2-9H,10,16H2,1H3,(H,17,18). The Kier molecular flexibility index (Phi) is 3.26. The van der Waals surface area contributed by atoms with Gasteiger partial charge in [0, 0.05) is 0 Å². The van der Waals surface area contributed by atoms with Crippen molar-refractivity contribution in [2.24, 2.45) is 5.84 Å².